The number of imide groups is 1. The van der Waals surface area contributed by atoms with Gasteiger partial charge in [0.2, 0.25) is 0 Å². The lowest BCUT2D eigenvalue weighted by molar-refractivity contribution is -0.113. The van der Waals surface area contributed by atoms with Gasteiger partial charge < -0.3 is 9.52 Å². The molecule has 1 N–H and O–H groups in total. The van der Waals surface area contributed by atoms with Gasteiger partial charge in [-0.3, -0.25) is 9.59 Å². The number of aromatic hydroxyl groups is 1. The first kappa shape index (κ1) is 17.5. The van der Waals surface area contributed by atoms with E-state index in [4.69, 9.17) is 16.0 Å². The Kier molecular flexibility index (Phi) is 4.51. The number of rotatable bonds is 3. The summed E-state index contributed by atoms with van der Waals surface area (Å²) in [6, 6.07) is 16.7. The number of halogens is 1. The van der Waals surface area contributed by atoms with E-state index in [0.717, 1.165) is 22.2 Å². The fourth-order valence-electron chi connectivity index (χ4n) is 2.69. The summed E-state index contributed by atoms with van der Waals surface area (Å²) in [6.07, 6.45) is 1.52. The molecule has 2 aromatic carbocycles. The van der Waals surface area contributed by atoms with Crippen LogP contribution >= 0.6 is 23.4 Å². The van der Waals surface area contributed by atoms with Gasteiger partial charge in [-0.2, -0.15) is 0 Å². The van der Waals surface area contributed by atoms with Gasteiger partial charge in [0.1, 0.15) is 17.3 Å². The first-order valence-electron chi connectivity index (χ1n) is 7.94. The van der Waals surface area contributed by atoms with Crippen molar-refractivity contribution in [3.8, 4) is 17.1 Å². The summed E-state index contributed by atoms with van der Waals surface area (Å²) in [6.45, 7) is 0. The summed E-state index contributed by atoms with van der Waals surface area (Å²) >= 11 is 6.99. The summed E-state index contributed by atoms with van der Waals surface area (Å²) in [5, 5.41) is 9.71. The lowest BCUT2D eigenvalue weighted by Crippen LogP contribution is -2.27. The van der Waals surface area contributed by atoms with E-state index in [-0.39, 0.29) is 10.7 Å². The van der Waals surface area contributed by atoms with Crippen molar-refractivity contribution in [2.75, 3.05) is 4.90 Å². The van der Waals surface area contributed by atoms with E-state index in [2.05, 4.69) is 0 Å². The summed E-state index contributed by atoms with van der Waals surface area (Å²) < 4.78 is 5.76. The largest absolute Gasteiger partial charge is 0.508 e. The second-order valence-corrected chi connectivity index (χ2v) is 7.12. The van der Waals surface area contributed by atoms with Crippen molar-refractivity contribution in [2.24, 2.45) is 0 Å². The number of amides is 2. The Morgan fingerprint density at radius 3 is 2.63 bits per heavy atom. The fraction of sp³-hybridized carbons (Fsp3) is 0. The number of anilines is 1. The van der Waals surface area contributed by atoms with Crippen molar-refractivity contribution in [1.29, 1.82) is 0 Å². The monoisotopic (exact) mass is 397 g/mol. The number of thioether (sulfide) groups is 1. The summed E-state index contributed by atoms with van der Waals surface area (Å²) in [4.78, 5) is 26.2. The van der Waals surface area contributed by atoms with Gasteiger partial charge >= 0.3 is 0 Å². The van der Waals surface area contributed by atoms with E-state index in [1.807, 2.05) is 18.2 Å². The molecule has 134 valence electrons. The minimum atomic E-state index is -0.466. The molecule has 0 spiro atoms. The fourth-order valence-corrected chi connectivity index (χ4v) is 3.74. The molecule has 0 saturated carbocycles. The minimum Gasteiger partial charge on any atom is -0.508 e. The maximum Gasteiger partial charge on any atom is 0.298 e. The normalized spacial score (nSPS) is 15.7. The zero-order valence-electron chi connectivity index (χ0n) is 13.8. The third kappa shape index (κ3) is 3.37. The maximum atomic E-state index is 12.6. The number of nitrogens with zero attached hydrogens (tertiary/aromatic N) is 1. The Morgan fingerprint density at radius 1 is 1.04 bits per heavy atom. The number of carbonyl (C=O) groups excluding carboxylic acids is 2. The molecule has 4 rings (SSSR count). The summed E-state index contributed by atoms with van der Waals surface area (Å²) in [5.74, 6) is 0.516. The third-order valence-electron chi connectivity index (χ3n) is 3.92. The first-order chi connectivity index (χ1) is 13.0. The molecule has 1 saturated heterocycles. The van der Waals surface area contributed by atoms with E-state index in [1.165, 1.54) is 18.2 Å². The molecule has 0 radical (unpaired) electrons. The highest BCUT2D eigenvalue weighted by molar-refractivity contribution is 8.19. The molecule has 0 aliphatic carbocycles. The molecule has 2 heterocycles. The summed E-state index contributed by atoms with van der Waals surface area (Å²) in [7, 11) is 0. The van der Waals surface area contributed by atoms with Crippen LogP contribution in [0.3, 0.4) is 0 Å². The van der Waals surface area contributed by atoms with Crippen molar-refractivity contribution >= 4 is 46.3 Å². The van der Waals surface area contributed by atoms with Crippen LogP contribution in [0.15, 0.2) is 70.0 Å². The van der Waals surface area contributed by atoms with Gasteiger partial charge in [-0.05, 0) is 48.2 Å². The molecule has 0 atom stereocenters. The van der Waals surface area contributed by atoms with Crippen LogP contribution in [-0.2, 0) is 4.79 Å². The average Bonchev–Trinajstić information content (AvgIpc) is 3.20. The molecular weight excluding hydrogens is 386 g/mol. The van der Waals surface area contributed by atoms with Crippen LogP contribution in [0.4, 0.5) is 10.5 Å². The van der Waals surface area contributed by atoms with Crippen molar-refractivity contribution < 1.29 is 19.1 Å². The molecule has 0 bridgehead atoms. The van der Waals surface area contributed by atoms with Crippen molar-refractivity contribution in [3.63, 3.8) is 0 Å². The highest BCUT2D eigenvalue weighted by atomic mass is 35.5. The number of phenols is 1. The molecule has 1 fully saturated rings. The van der Waals surface area contributed by atoms with Crippen LogP contribution in [0.1, 0.15) is 5.76 Å². The minimum absolute atomic E-state index is 0.0223. The van der Waals surface area contributed by atoms with Crippen LogP contribution < -0.4 is 4.90 Å². The van der Waals surface area contributed by atoms with E-state index < -0.39 is 11.1 Å². The molecule has 3 aromatic rings. The molecule has 5 nitrogen and oxygen atoms in total. The number of hydrogen-bond donors (Lipinski definition) is 1. The van der Waals surface area contributed by atoms with Crippen molar-refractivity contribution in [2.45, 2.75) is 0 Å². The van der Waals surface area contributed by atoms with Crippen LogP contribution in [0.5, 0.6) is 5.75 Å². The quantitative estimate of drug-likeness (QED) is 0.587. The molecule has 27 heavy (non-hydrogen) atoms. The molecular formula is C20H12ClNO4S. The number of furan rings is 1. The zero-order valence-corrected chi connectivity index (χ0v) is 15.3. The lowest BCUT2D eigenvalue weighted by Gasteiger charge is -2.12. The highest BCUT2D eigenvalue weighted by Gasteiger charge is 2.36. The SMILES string of the molecule is O=C1S/C(=C\c2ccc(-c3ccccc3Cl)o2)C(=O)N1c1cccc(O)c1. The van der Waals surface area contributed by atoms with Crippen LogP contribution in [-0.4, -0.2) is 16.3 Å². The molecule has 2 amide bonds. The average molecular weight is 398 g/mol. The van der Waals surface area contributed by atoms with E-state index in [1.54, 1.807) is 30.3 Å². The molecule has 1 aliphatic rings. The van der Waals surface area contributed by atoms with Gasteiger partial charge in [0.15, 0.2) is 0 Å². The van der Waals surface area contributed by atoms with E-state index >= 15 is 0 Å². The second-order valence-electron chi connectivity index (χ2n) is 5.72. The maximum absolute atomic E-state index is 12.6. The van der Waals surface area contributed by atoms with Crippen LogP contribution in [0.2, 0.25) is 5.02 Å². The Bertz CT molecular complexity index is 1090. The molecule has 7 heteroatoms. The van der Waals surface area contributed by atoms with Gasteiger partial charge in [0.05, 0.1) is 15.6 Å². The second kappa shape index (κ2) is 6.98. The Morgan fingerprint density at radius 2 is 1.85 bits per heavy atom. The highest BCUT2D eigenvalue weighted by Crippen LogP contribution is 2.37. The predicted molar refractivity (Wildman–Crippen MR) is 106 cm³/mol. The number of carbonyl (C=O) groups is 2. The van der Waals surface area contributed by atoms with Gasteiger partial charge in [-0.25, -0.2) is 4.90 Å². The Hall–Kier alpha value is -2.96. The first-order valence-corrected chi connectivity index (χ1v) is 9.14. The smallest absolute Gasteiger partial charge is 0.298 e. The third-order valence-corrected chi connectivity index (χ3v) is 5.12. The number of hydrogen-bond acceptors (Lipinski definition) is 5. The van der Waals surface area contributed by atoms with Crippen molar-refractivity contribution in [1.82, 2.24) is 0 Å². The van der Waals surface area contributed by atoms with Crippen LogP contribution in [0, 0.1) is 0 Å². The molecule has 1 aliphatic heterocycles. The van der Waals surface area contributed by atoms with Gasteiger partial charge in [0, 0.05) is 17.7 Å². The predicted octanol–water partition coefficient (Wildman–Crippen LogP) is 5.55. The number of phenolic OH excluding ortho intramolecular Hbond substituents is 1. The number of benzene rings is 2. The summed E-state index contributed by atoms with van der Waals surface area (Å²) in [5.41, 5.74) is 1.06. The Balaban J connectivity index is 1.63. The topological polar surface area (TPSA) is 70.8 Å². The van der Waals surface area contributed by atoms with Gasteiger partial charge in [0.25, 0.3) is 11.1 Å². The molecule has 1 aromatic heterocycles. The van der Waals surface area contributed by atoms with E-state index in [9.17, 15) is 14.7 Å². The van der Waals surface area contributed by atoms with Crippen molar-refractivity contribution in [3.05, 3.63) is 76.4 Å². The zero-order chi connectivity index (χ0) is 19.0. The van der Waals surface area contributed by atoms with E-state index in [0.29, 0.717) is 22.2 Å². The standard InChI is InChI=1S/C20H12ClNO4S/c21-16-7-2-1-6-15(16)17-9-8-14(26-17)11-18-19(24)22(20(25)27-18)12-4-3-5-13(23)10-12/h1-11,23H/b18-11-. The Labute approximate surface area is 163 Å². The van der Waals surface area contributed by atoms with Crippen LogP contribution in [0.25, 0.3) is 17.4 Å². The van der Waals surface area contributed by atoms with Gasteiger partial charge in [-0.15, -0.1) is 0 Å². The van der Waals surface area contributed by atoms with Gasteiger partial charge in [-0.1, -0.05) is 29.8 Å². The molecule has 0 unspecified atom stereocenters. The lowest BCUT2D eigenvalue weighted by atomic mass is 10.2.